The third-order valence-electron chi connectivity index (χ3n) is 4.41. The predicted octanol–water partition coefficient (Wildman–Crippen LogP) is 4.87. The van der Waals surface area contributed by atoms with Gasteiger partial charge >= 0.3 is 0 Å². The second kappa shape index (κ2) is 8.57. The third-order valence-corrected chi connectivity index (χ3v) is 4.89. The molecule has 150 valence electrons. The number of nitrogens with zero attached hydrogens (tertiary/aromatic N) is 2. The van der Waals surface area contributed by atoms with Gasteiger partial charge in [-0.1, -0.05) is 35.3 Å². The van der Waals surface area contributed by atoms with Crippen LogP contribution in [0.2, 0.25) is 10.0 Å². The zero-order chi connectivity index (χ0) is 21.1. The van der Waals surface area contributed by atoms with Gasteiger partial charge in [0.15, 0.2) is 0 Å². The molecule has 0 saturated carbocycles. The van der Waals surface area contributed by atoms with Crippen molar-refractivity contribution in [3.05, 3.63) is 105 Å². The molecule has 2 aromatic carbocycles. The Labute approximate surface area is 182 Å². The summed E-state index contributed by atoms with van der Waals surface area (Å²) >= 11 is 11.8. The second-order valence-electron chi connectivity index (χ2n) is 6.52. The smallest absolute Gasteiger partial charge is 0.258 e. The maximum Gasteiger partial charge on any atom is 0.258 e. The van der Waals surface area contributed by atoms with Gasteiger partial charge in [-0.25, -0.2) is 4.98 Å². The molecule has 0 unspecified atom stereocenters. The highest BCUT2D eigenvalue weighted by Gasteiger charge is 2.12. The summed E-state index contributed by atoms with van der Waals surface area (Å²) in [6.07, 6.45) is 1.53. The van der Waals surface area contributed by atoms with Crippen LogP contribution in [0, 0.1) is 0 Å². The van der Waals surface area contributed by atoms with Gasteiger partial charge in [-0.15, -0.1) is 0 Å². The number of pyridine rings is 1. The lowest BCUT2D eigenvalue weighted by Crippen LogP contribution is -2.18. The molecule has 0 bridgehead atoms. The minimum Gasteiger partial charge on any atom is -0.379 e. The van der Waals surface area contributed by atoms with E-state index < -0.39 is 0 Å². The molecule has 30 heavy (non-hydrogen) atoms. The first-order chi connectivity index (χ1) is 14.5. The standard InChI is InChI=1S/C22H16Cl2N4O2/c23-14-5-8-16(9-6-14)27-22(30)18-3-1-2-4-19(18)25-12-17-11-21(29)28-13-15(24)7-10-20(28)26-17/h1-11,13,25H,12H2,(H,27,30). The van der Waals surface area contributed by atoms with Gasteiger partial charge in [-0.05, 0) is 48.5 Å². The molecule has 0 saturated heterocycles. The number of fused-ring (bicyclic) bond motifs is 1. The lowest BCUT2D eigenvalue weighted by molar-refractivity contribution is 0.102. The molecule has 4 rings (SSSR count). The van der Waals surface area contributed by atoms with E-state index in [9.17, 15) is 9.59 Å². The number of para-hydroxylation sites is 1. The lowest BCUT2D eigenvalue weighted by atomic mass is 10.1. The first-order valence-corrected chi connectivity index (χ1v) is 9.83. The molecule has 0 spiro atoms. The van der Waals surface area contributed by atoms with Crippen molar-refractivity contribution >= 4 is 46.1 Å². The van der Waals surface area contributed by atoms with Crippen molar-refractivity contribution in [3.8, 4) is 0 Å². The van der Waals surface area contributed by atoms with Crippen LogP contribution in [0.25, 0.3) is 5.65 Å². The number of carbonyl (C=O) groups is 1. The van der Waals surface area contributed by atoms with E-state index in [-0.39, 0.29) is 18.0 Å². The van der Waals surface area contributed by atoms with Crippen LogP contribution in [0.4, 0.5) is 11.4 Å². The van der Waals surface area contributed by atoms with Crippen LogP contribution in [0.5, 0.6) is 0 Å². The van der Waals surface area contributed by atoms with Gasteiger partial charge in [0.05, 0.1) is 22.8 Å². The Kier molecular flexibility index (Phi) is 5.70. The van der Waals surface area contributed by atoms with Crippen molar-refractivity contribution in [3.63, 3.8) is 0 Å². The fourth-order valence-corrected chi connectivity index (χ4v) is 3.26. The summed E-state index contributed by atoms with van der Waals surface area (Å²) in [4.78, 5) is 29.5. The van der Waals surface area contributed by atoms with Crippen LogP contribution in [0.15, 0.2) is 77.7 Å². The average Bonchev–Trinajstić information content (AvgIpc) is 2.74. The highest BCUT2D eigenvalue weighted by Crippen LogP contribution is 2.19. The van der Waals surface area contributed by atoms with Gasteiger partial charge in [0.25, 0.3) is 11.5 Å². The topological polar surface area (TPSA) is 75.5 Å². The summed E-state index contributed by atoms with van der Waals surface area (Å²) in [6, 6.07) is 18.8. The fraction of sp³-hybridized carbons (Fsp3) is 0.0455. The van der Waals surface area contributed by atoms with Crippen molar-refractivity contribution in [2.75, 3.05) is 10.6 Å². The fourth-order valence-electron chi connectivity index (χ4n) is 2.97. The molecule has 4 aromatic rings. The zero-order valence-electron chi connectivity index (χ0n) is 15.6. The monoisotopic (exact) mass is 438 g/mol. The Balaban J connectivity index is 1.54. The van der Waals surface area contributed by atoms with E-state index in [4.69, 9.17) is 23.2 Å². The minimum atomic E-state index is -0.262. The third kappa shape index (κ3) is 4.45. The van der Waals surface area contributed by atoms with Gasteiger partial charge in [-0.3, -0.25) is 14.0 Å². The van der Waals surface area contributed by atoms with E-state index in [1.165, 1.54) is 16.7 Å². The number of aromatic nitrogens is 2. The predicted molar refractivity (Wildman–Crippen MR) is 120 cm³/mol. The van der Waals surface area contributed by atoms with E-state index in [1.54, 1.807) is 54.6 Å². The largest absolute Gasteiger partial charge is 0.379 e. The SMILES string of the molecule is O=C(Nc1ccc(Cl)cc1)c1ccccc1NCc1cc(=O)n2cc(Cl)ccc2n1. The summed E-state index contributed by atoms with van der Waals surface area (Å²) in [5.74, 6) is -0.262. The molecule has 0 radical (unpaired) electrons. The summed E-state index contributed by atoms with van der Waals surface area (Å²) in [5, 5.41) is 7.08. The Hall–Kier alpha value is -3.35. The molecular formula is C22H16Cl2N4O2. The van der Waals surface area contributed by atoms with Gasteiger partial charge < -0.3 is 10.6 Å². The molecule has 6 nitrogen and oxygen atoms in total. The van der Waals surface area contributed by atoms with Gasteiger partial charge in [0, 0.05) is 28.7 Å². The number of benzene rings is 2. The summed E-state index contributed by atoms with van der Waals surface area (Å²) in [5.41, 5.74) is 2.56. The number of rotatable bonds is 5. The highest BCUT2D eigenvalue weighted by atomic mass is 35.5. The van der Waals surface area contributed by atoms with Gasteiger partial charge in [0.1, 0.15) is 5.65 Å². The van der Waals surface area contributed by atoms with Crippen LogP contribution in [0.3, 0.4) is 0 Å². The van der Waals surface area contributed by atoms with Gasteiger partial charge in [0.2, 0.25) is 0 Å². The number of carbonyl (C=O) groups excluding carboxylic acids is 1. The molecule has 0 fully saturated rings. The number of hydrogen-bond acceptors (Lipinski definition) is 4. The number of amides is 1. The number of halogens is 2. The van der Waals surface area contributed by atoms with Gasteiger partial charge in [-0.2, -0.15) is 0 Å². The zero-order valence-corrected chi connectivity index (χ0v) is 17.1. The van der Waals surface area contributed by atoms with E-state index >= 15 is 0 Å². The molecule has 2 heterocycles. The van der Waals surface area contributed by atoms with Crippen LogP contribution < -0.4 is 16.2 Å². The van der Waals surface area contributed by atoms with Crippen molar-refractivity contribution in [2.45, 2.75) is 6.54 Å². The number of hydrogen-bond donors (Lipinski definition) is 2. The molecule has 2 N–H and O–H groups in total. The molecule has 0 aliphatic carbocycles. The summed E-state index contributed by atoms with van der Waals surface area (Å²) in [7, 11) is 0. The van der Waals surface area contributed by atoms with Crippen molar-refractivity contribution in [2.24, 2.45) is 0 Å². The molecular weight excluding hydrogens is 423 g/mol. The Morgan fingerprint density at radius 1 is 0.967 bits per heavy atom. The van der Waals surface area contributed by atoms with E-state index in [2.05, 4.69) is 15.6 Å². The first-order valence-electron chi connectivity index (χ1n) is 9.07. The van der Waals surface area contributed by atoms with Crippen LogP contribution >= 0.6 is 23.2 Å². The molecule has 8 heteroatoms. The molecule has 1 amide bonds. The molecule has 0 aliphatic rings. The summed E-state index contributed by atoms with van der Waals surface area (Å²) < 4.78 is 1.39. The Morgan fingerprint density at radius 2 is 1.70 bits per heavy atom. The van der Waals surface area contributed by atoms with Crippen molar-refractivity contribution in [1.82, 2.24) is 9.38 Å². The average molecular weight is 439 g/mol. The summed E-state index contributed by atoms with van der Waals surface area (Å²) in [6.45, 7) is 0.277. The molecule has 0 atom stereocenters. The van der Waals surface area contributed by atoms with Crippen LogP contribution in [-0.4, -0.2) is 15.3 Å². The Bertz CT molecular complexity index is 1290. The van der Waals surface area contributed by atoms with Crippen LogP contribution in [-0.2, 0) is 6.54 Å². The van der Waals surface area contributed by atoms with Crippen molar-refractivity contribution in [1.29, 1.82) is 0 Å². The van der Waals surface area contributed by atoms with Crippen LogP contribution in [0.1, 0.15) is 16.1 Å². The van der Waals surface area contributed by atoms with E-state index in [1.807, 2.05) is 6.07 Å². The highest BCUT2D eigenvalue weighted by molar-refractivity contribution is 6.30. The second-order valence-corrected chi connectivity index (χ2v) is 7.39. The molecule has 0 aliphatic heterocycles. The van der Waals surface area contributed by atoms with Crippen molar-refractivity contribution < 1.29 is 4.79 Å². The molecule has 2 aromatic heterocycles. The quantitative estimate of drug-likeness (QED) is 0.466. The first kappa shape index (κ1) is 19.9. The maximum atomic E-state index is 12.7. The minimum absolute atomic E-state index is 0.229. The number of anilines is 2. The maximum absolute atomic E-state index is 12.7. The normalized spacial score (nSPS) is 10.7. The number of nitrogens with one attached hydrogen (secondary N) is 2. The Morgan fingerprint density at radius 3 is 2.50 bits per heavy atom. The van der Waals surface area contributed by atoms with E-state index in [0.29, 0.717) is 38.3 Å². The lowest BCUT2D eigenvalue weighted by Gasteiger charge is -2.12. The van der Waals surface area contributed by atoms with E-state index in [0.717, 1.165) is 0 Å².